The number of para-hydroxylation sites is 1. The van der Waals surface area contributed by atoms with Gasteiger partial charge in [-0.1, -0.05) is 48.5 Å². The molecule has 2 N–H and O–H groups in total. The largest absolute Gasteiger partial charge is 0.495 e. The molecule has 2 saturated heterocycles. The SMILES string of the molecule is COc1ccc([N+](=O)[O-])cc1N1C(=O)[C@@H]2[C@H](Cc3ccccc3)N[C@@]3(C(=O)Nc4ccccc43)[C@H]2C1=O. The molecule has 3 aliphatic heterocycles. The van der Waals surface area contributed by atoms with E-state index in [1.807, 2.05) is 30.3 Å². The van der Waals surface area contributed by atoms with Crippen molar-refractivity contribution in [2.24, 2.45) is 11.8 Å². The second-order valence-electron chi connectivity index (χ2n) is 9.38. The van der Waals surface area contributed by atoms with Gasteiger partial charge >= 0.3 is 0 Å². The lowest BCUT2D eigenvalue weighted by molar-refractivity contribution is -0.384. The molecule has 0 aliphatic carbocycles. The van der Waals surface area contributed by atoms with Gasteiger partial charge in [-0.05, 0) is 24.1 Å². The molecule has 0 radical (unpaired) electrons. The lowest BCUT2D eigenvalue weighted by atomic mass is 9.76. The number of nitrogens with one attached hydrogen (secondary N) is 2. The van der Waals surface area contributed by atoms with Crippen LogP contribution in [0, 0.1) is 22.0 Å². The molecular formula is C27H22N4O6. The third kappa shape index (κ3) is 3.19. The third-order valence-corrected chi connectivity index (χ3v) is 7.54. The smallest absolute Gasteiger partial charge is 0.271 e. The highest BCUT2D eigenvalue weighted by molar-refractivity contribution is 6.26. The van der Waals surface area contributed by atoms with E-state index in [0.29, 0.717) is 17.7 Å². The molecule has 0 bridgehead atoms. The van der Waals surface area contributed by atoms with Gasteiger partial charge in [0, 0.05) is 29.4 Å². The van der Waals surface area contributed by atoms with Crippen molar-refractivity contribution in [2.75, 3.05) is 17.3 Å². The van der Waals surface area contributed by atoms with Crippen molar-refractivity contribution in [1.29, 1.82) is 0 Å². The van der Waals surface area contributed by atoms with Crippen LogP contribution < -0.4 is 20.3 Å². The van der Waals surface area contributed by atoms with Crippen LogP contribution in [-0.2, 0) is 26.3 Å². The quantitative estimate of drug-likeness (QED) is 0.314. The van der Waals surface area contributed by atoms with Gasteiger partial charge in [0.15, 0.2) is 0 Å². The number of hydrogen-bond donors (Lipinski definition) is 2. The summed E-state index contributed by atoms with van der Waals surface area (Å²) < 4.78 is 5.36. The number of methoxy groups -OCH3 is 1. The van der Waals surface area contributed by atoms with Crippen LogP contribution in [-0.4, -0.2) is 35.8 Å². The van der Waals surface area contributed by atoms with Gasteiger partial charge in [0.1, 0.15) is 17.0 Å². The molecule has 3 aliphatic rings. The fourth-order valence-electron chi connectivity index (χ4n) is 6.01. The zero-order valence-corrected chi connectivity index (χ0v) is 19.7. The Morgan fingerprint density at radius 3 is 2.46 bits per heavy atom. The Bertz CT molecular complexity index is 1470. The highest BCUT2D eigenvalue weighted by Gasteiger charge is 2.70. The van der Waals surface area contributed by atoms with E-state index in [0.717, 1.165) is 16.5 Å². The number of rotatable bonds is 5. The first-order valence-electron chi connectivity index (χ1n) is 11.8. The lowest BCUT2D eigenvalue weighted by Crippen LogP contribution is -2.53. The van der Waals surface area contributed by atoms with Gasteiger partial charge in [0.05, 0.1) is 23.9 Å². The van der Waals surface area contributed by atoms with E-state index in [4.69, 9.17) is 4.74 Å². The highest BCUT2D eigenvalue weighted by Crippen LogP contribution is 2.54. The van der Waals surface area contributed by atoms with Crippen LogP contribution >= 0.6 is 0 Å². The molecule has 3 aromatic rings. The van der Waals surface area contributed by atoms with Crippen LogP contribution in [0.25, 0.3) is 0 Å². The van der Waals surface area contributed by atoms with E-state index >= 15 is 0 Å². The molecule has 2 fully saturated rings. The Labute approximate surface area is 211 Å². The zero-order valence-electron chi connectivity index (χ0n) is 19.7. The Morgan fingerprint density at radius 2 is 1.73 bits per heavy atom. The van der Waals surface area contributed by atoms with E-state index < -0.39 is 46.1 Å². The number of carbonyl (C=O) groups is 3. The number of non-ortho nitro benzene ring substituents is 1. The van der Waals surface area contributed by atoms with Crippen molar-refractivity contribution in [3.8, 4) is 5.75 Å². The van der Waals surface area contributed by atoms with Crippen LogP contribution in [0.15, 0.2) is 72.8 Å². The minimum Gasteiger partial charge on any atom is -0.495 e. The van der Waals surface area contributed by atoms with E-state index in [1.165, 1.54) is 19.2 Å². The standard InChI is InChI=1S/C27H22N4O6/c1-37-21-12-11-16(31(35)36)14-20(21)30-24(32)22-19(13-15-7-3-2-4-8-15)29-27(23(22)25(30)33)17-9-5-6-10-18(17)28-26(27)34/h2-12,14,19,22-23,29H,13H2,1H3,(H,28,34)/t19-,22+,23+,27+/m0/s1. The molecular weight excluding hydrogens is 476 g/mol. The number of carbonyl (C=O) groups excluding carboxylic acids is 3. The van der Waals surface area contributed by atoms with Crippen LogP contribution in [0.5, 0.6) is 5.75 Å². The van der Waals surface area contributed by atoms with Crippen LogP contribution in [0.2, 0.25) is 0 Å². The third-order valence-electron chi connectivity index (χ3n) is 7.54. The second-order valence-corrected chi connectivity index (χ2v) is 9.38. The van der Waals surface area contributed by atoms with E-state index in [2.05, 4.69) is 10.6 Å². The van der Waals surface area contributed by atoms with Crippen molar-refractivity contribution in [1.82, 2.24) is 5.32 Å². The Morgan fingerprint density at radius 1 is 1.00 bits per heavy atom. The summed E-state index contributed by atoms with van der Waals surface area (Å²) in [5.41, 5.74) is 0.350. The minimum atomic E-state index is -1.46. The average Bonchev–Trinajstić information content (AvgIpc) is 3.48. The van der Waals surface area contributed by atoms with Crippen LogP contribution in [0.4, 0.5) is 17.1 Å². The summed E-state index contributed by atoms with van der Waals surface area (Å²) in [6.07, 6.45) is 0.401. The van der Waals surface area contributed by atoms with Gasteiger partial charge in [-0.15, -0.1) is 0 Å². The molecule has 186 valence electrons. The number of ether oxygens (including phenoxy) is 1. The molecule has 3 aromatic carbocycles. The van der Waals surface area contributed by atoms with Gasteiger partial charge in [-0.2, -0.15) is 0 Å². The molecule has 1 spiro atoms. The maximum absolute atomic E-state index is 14.1. The topological polar surface area (TPSA) is 131 Å². The van der Waals surface area contributed by atoms with E-state index in [9.17, 15) is 24.5 Å². The van der Waals surface area contributed by atoms with Crippen molar-refractivity contribution in [2.45, 2.75) is 18.0 Å². The van der Waals surface area contributed by atoms with Crippen molar-refractivity contribution in [3.63, 3.8) is 0 Å². The number of hydrogen-bond acceptors (Lipinski definition) is 7. The summed E-state index contributed by atoms with van der Waals surface area (Å²) in [7, 11) is 1.36. The maximum Gasteiger partial charge on any atom is 0.271 e. The average molecular weight is 498 g/mol. The fraction of sp³-hybridized carbons (Fsp3) is 0.222. The first kappa shape index (κ1) is 22.9. The minimum absolute atomic E-state index is 0.0126. The molecule has 0 unspecified atom stereocenters. The number of nitro groups is 1. The van der Waals surface area contributed by atoms with Crippen molar-refractivity contribution >= 4 is 34.8 Å². The number of fused-ring (bicyclic) bond motifs is 4. The Kier molecular flexibility index (Phi) is 5.09. The summed E-state index contributed by atoms with van der Waals surface area (Å²) in [5, 5.41) is 17.7. The molecule has 0 aromatic heterocycles. The number of nitro benzene ring substituents is 1. The molecule has 3 amide bonds. The highest BCUT2D eigenvalue weighted by atomic mass is 16.6. The van der Waals surface area contributed by atoms with Gasteiger partial charge in [0.2, 0.25) is 17.7 Å². The van der Waals surface area contributed by atoms with Crippen LogP contribution in [0.3, 0.4) is 0 Å². The lowest BCUT2D eigenvalue weighted by Gasteiger charge is -2.29. The number of benzene rings is 3. The Hall–Kier alpha value is -4.57. The maximum atomic E-state index is 14.1. The zero-order chi connectivity index (χ0) is 25.9. The van der Waals surface area contributed by atoms with Gasteiger partial charge in [-0.3, -0.25) is 29.8 Å². The van der Waals surface area contributed by atoms with Gasteiger partial charge < -0.3 is 10.1 Å². The first-order chi connectivity index (χ1) is 17.9. The number of amides is 3. The summed E-state index contributed by atoms with van der Waals surface area (Å²) in [4.78, 5) is 53.6. The molecule has 37 heavy (non-hydrogen) atoms. The first-order valence-corrected chi connectivity index (χ1v) is 11.8. The fourth-order valence-corrected chi connectivity index (χ4v) is 6.01. The van der Waals surface area contributed by atoms with Gasteiger partial charge in [0.25, 0.3) is 5.69 Å². The number of anilines is 2. The van der Waals surface area contributed by atoms with E-state index in [-0.39, 0.29) is 17.1 Å². The predicted molar refractivity (Wildman–Crippen MR) is 133 cm³/mol. The summed E-state index contributed by atoms with van der Waals surface area (Å²) >= 11 is 0. The summed E-state index contributed by atoms with van der Waals surface area (Å²) in [5.74, 6) is -3.34. The Balaban J connectivity index is 1.52. The monoisotopic (exact) mass is 498 g/mol. The molecule has 3 heterocycles. The molecule has 10 heteroatoms. The number of nitrogens with zero attached hydrogens (tertiary/aromatic N) is 2. The van der Waals surface area contributed by atoms with E-state index in [1.54, 1.807) is 24.3 Å². The predicted octanol–water partition coefficient (Wildman–Crippen LogP) is 2.77. The van der Waals surface area contributed by atoms with Crippen molar-refractivity contribution in [3.05, 3.63) is 94.0 Å². The van der Waals surface area contributed by atoms with Gasteiger partial charge in [-0.25, -0.2) is 4.90 Å². The van der Waals surface area contributed by atoms with Crippen molar-refractivity contribution < 1.29 is 24.0 Å². The molecule has 6 rings (SSSR count). The molecule has 0 saturated carbocycles. The molecule has 4 atom stereocenters. The summed E-state index contributed by atoms with van der Waals surface area (Å²) in [6.45, 7) is 0. The molecule has 10 nitrogen and oxygen atoms in total. The number of imide groups is 1. The summed E-state index contributed by atoms with van der Waals surface area (Å²) in [6, 6.07) is 19.8. The normalized spacial score (nSPS) is 25.8. The second kappa shape index (κ2) is 8.24. The van der Waals surface area contributed by atoms with Crippen LogP contribution in [0.1, 0.15) is 11.1 Å².